The van der Waals surface area contributed by atoms with Crippen molar-refractivity contribution in [2.45, 2.75) is 19.8 Å². The lowest BCUT2D eigenvalue weighted by Gasteiger charge is -2.37. The van der Waals surface area contributed by atoms with Crippen LogP contribution in [0.5, 0.6) is 0 Å². The zero-order valence-electron chi connectivity index (χ0n) is 15.9. The molecule has 0 aliphatic carbocycles. The van der Waals surface area contributed by atoms with Crippen LogP contribution in [0.15, 0.2) is 24.3 Å². The lowest BCUT2D eigenvalue weighted by atomic mass is 9.97. The van der Waals surface area contributed by atoms with Gasteiger partial charge in [0.2, 0.25) is 5.91 Å². The molecule has 0 spiro atoms. The summed E-state index contributed by atoms with van der Waals surface area (Å²) < 4.78 is 5.09. The van der Waals surface area contributed by atoms with Gasteiger partial charge >= 0.3 is 5.97 Å². The normalized spacial score (nSPS) is 19.2. The van der Waals surface area contributed by atoms with Crippen LogP contribution >= 0.6 is 11.6 Å². The fourth-order valence-corrected chi connectivity index (χ4v) is 3.86. The minimum absolute atomic E-state index is 0.0584. The van der Waals surface area contributed by atoms with E-state index >= 15 is 0 Å². The third kappa shape index (κ3) is 5.36. The smallest absolute Gasteiger partial charge is 0.309 e. The molecule has 0 bridgehead atoms. The van der Waals surface area contributed by atoms with Gasteiger partial charge in [-0.25, -0.2) is 0 Å². The zero-order valence-corrected chi connectivity index (χ0v) is 16.7. The molecule has 0 atom stereocenters. The van der Waals surface area contributed by atoms with Gasteiger partial charge in [0.15, 0.2) is 0 Å². The lowest BCUT2D eigenvalue weighted by Crippen LogP contribution is -2.51. The number of likely N-dealkylation sites (tertiary alicyclic amines) is 1. The van der Waals surface area contributed by atoms with E-state index in [4.69, 9.17) is 16.3 Å². The maximum absolute atomic E-state index is 12.6. The molecule has 6 nitrogen and oxygen atoms in total. The lowest BCUT2D eigenvalue weighted by molar-refractivity contribution is -0.151. The summed E-state index contributed by atoms with van der Waals surface area (Å²) in [5, 5.41) is 0.745. The van der Waals surface area contributed by atoms with Crippen molar-refractivity contribution in [3.8, 4) is 0 Å². The quantitative estimate of drug-likeness (QED) is 0.718. The average molecular weight is 394 g/mol. The minimum atomic E-state index is -0.122. The van der Waals surface area contributed by atoms with Crippen molar-refractivity contribution >= 4 is 29.2 Å². The third-order valence-electron chi connectivity index (χ3n) is 5.39. The van der Waals surface area contributed by atoms with Crippen molar-refractivity contribution in [2.75, 3.05) is 57.3 Å². The van der Waals surface area contributed by atoms with Crippen LogP contribution in [0.25, 0.3) is 0 Å². The molecule has 0 saturated carbocycles. The van der Waals surface area contributed by atoms with Crippen molar-refractivity contribution in [1.82, 2.24) is 9.80 Å². The first kappa shape index (κ1) is 20.0. The van der Waals surface area contributed by atoms with E-state index in [2.05, 4.69) is 9.80 Å². The molecule has 1 aromatic carbocycles. The number of nitrogens with zero attached hydrogens (tertiary/aromatic N) is 3. The van der Waals surface area contributed by atoms with E-state index in [0.717, 1.165) is 31.2 Å². The van der Waals surface area contributed by atoms with Crippen LogP contribution < -0.4 is 4.90 Å². The molecule has 0 unspecified atom stereocenters. The van der Waals surface area contributed by atoms with Crippen molar-refractivity contribution in [2.24, 2.45) is 5.92 Å². The van der Waals surface area contributed by atoms with E-state index in [1.165, 1.54) is 5.69 Å². The molecule has 1 amide bonds. The largest absolute Gasteiger partial charge is 0.466 e. The highest BCUT2D eigenvalue weighted by Gasteiger charge is 2.29. The first-order valence-corrected chi connectivity index (χ1v) is 10.1. The highest BCUT2D eigenvalue weighted by atomic mass is 35.5. The number of piperidine rings is 1. The number of hydrogen-bond donors (Lipinski definition) is 0. The highest BCUT2D eigenvalue weighted by Crippen LogP contribution is 2.21. The van der Waals surface area contributed by atoms with E-state index in [-0.39, 0.29) is 17.8 Å². The van der Waals surface area contributed by atoms with E-state index in [1.54, 1.807) is 0 Å². The van der Waals surface area contributed by atoms with Crippen LogP contribution in [0.4, 0.5) is 5.69 Å². The molecular weight excluding hydrogens is 366 g/mol. The van der Waals surface area contributed by atoms with Crippen molar-refractivity contribution < 1.29 is 14.3 Å². The van der Waals surface area contributed by atoms with Crippen molar-refractivity contribution in [1.29, 1.82) is 0 Å². The average Bonchev–Trinajstić information content (AvgIpc) is 2.69. The molecule has 0 radical (unpaired) electrons. The van der Waals surface area contributed by atoms with Crippen LogP contribution in [-0.2, 0) is 14.3 Å². The van der Waals surface area contributed by atoms with Gasteiger partial charge in [0, 0.05) is 50.0 Å². The number of ether oxygens (including phenoxy) is 1. The predicted molar refractivity (Wildman–Crippen MR) is 106 cm³/mol. The number of carbonyl (C=O) groups is 2. The van der Waals surface area contributed by atoms with Crippen LogP contribution in [0.1, 0.15) is 19.8 Å². The Bertz CT molecular complexity index is 636. The summed E-state index contributed by atoms with van der Waals surface area (Å²) >= 11 is 5.95. The minimum Gasteiger partial charge on any atom is -0.466 e. The molecule has 7 heteroatoms. The summed E-state index contributed by atoms with van der Waals surface area (Å²) in [6.45, 7) is 7.53. The highest BCUT2D eigenvalue weighted by molar-refractivity contribution is 6.30. The monoisotopic (exact) mass is 393 g/mol. The number of halogens is 1. The molecule has 0 aromatic heterocycles. The number of amides is 1. The van der Waals surface area contributed by atoms with E-state index in [9.17, 15) is 9.59 Å². The van der Waals surface area contributed by atoms with E-state index in [1.807, 2.05) is 36.1 Å². The van der Waals surface area contributed by atoms with E-state index in [0.29, 0.717) is 39.1 Å². The van der Waals surface area contributed by atoms with Gasteiger partial charge in [-0.05, 0) is 44.0 Å². The van der Waals surface area contributed by atoms with Gasteiger partial charge in [0.25, 0.3) is 0 Å². The second-order valence-electron chi connectivity index (χ2n) is 7.15. The number of anilines is 1. The molecule has 148 valence electrons. The number of piperazine rings is 1. The van der Waals surface area contributed by atoms with Gasteiger partial charge in [-0.3, -0.25) is 14.5 Å². The zero-order chi connectivity index (χ0) is 19.2. The second-order valence-corrected chi connectivity index (χ2v) is 7.58. The number of rotatable bonds is 5. The molecule has 2 aliphatic heterocycles. The molecule has 3 rings (SSSR count). The molecule has 2 aliphatic rings. The van der Waals surface area contributed by atoms with Crippen LogP contribution in [0, 0.1) is 5.92 Å². The molecule has 27 heavy (non-hydrogen) atoms. The van der Waals surface area contributed by atoms with Gasteiger partial charge in [0.1, 0.15) is 0 Å². The number of carbonyl (C=O) groups excluding carboxylic acids is 2. The molecule has 2 fully saturated rings. The van der Waals surface area contributed by atoms with Gasteiger partial charge in [-0.2, -0.15) is 0 Å². The van der Waals surface area contributed by atoms with Gasteiger partial charge < -0.3 is 14.5 Å². The molecule has 2 saturated heterocycles. The molecule has 1 aromatic rings. The third-order valence-corrected chi connectivity index (χ3v) is 5.64. The molecule has 0 N–H and O–H groups in total. The van der Waals surface area contributed by atoms with Gasteiger partial charge in [0.05, 0.1) is 19.1 Å². The van der Waals surface area contributed by atoms with Crippen LogP contribution in [0.3, 0.4) is 0 Å². The Labute approximate surface area is 166 Å². The Hall–Kier alpha value is -1.79. The number of esters is 1. The maximum Gasteiger partial charge on any atom is 0.309 e. The molecule has 2 heterocycles. The van der Waals surface area contributed by atoms with Gasteiger partial charge in [-0.1, -0.05) is 11.6 Å². The Balaban J connectivity index is 1.41. The Morgan fingerprint density at radius 2 is 1.67 bits per heavy atom. The summed E-state index contributed by atoms with van der Waals surface area (Å²) in [7, 11) is 0. The van der Waals surface area contributed by atoms with Crippen molar-refractivity contribution in [3.05, 3.63) is 29.3 Å². The maximum atomic E-state index is 12.6. The number of benzene rings is 1. The summed E-state index contributed by atoms with van der Waals surface area (Å²) in [5.41, 5.74) is 1.17. The fourth-order valence-electron chi connectivity index (χ4n) is 3.73. The first-order chi connectivity index (χ1) is 13.1. The van der Waals surface area contributed by atoms with Crippen molar-refractivity contribution in [3.63, 3.8) is 0 Å². The van der Waals surface area contributed by atoms with E-state index < -0.39 is 0 Å². The van der Waals surface area contributed by atoms with Crippen LogP contribution in [-0.4, -0.2) is 74.1 Å². The van der Waals surface area contributed by atoms with Gasteiger partial charge in [-0.15, -0.1) is 0 Å². The predicted octanol–water partition coefficient (Wildman–Crippen LogP) is 2.26. The first-order valence-electron chi connectivity index (χ1n) is 9.74. The fraction of sp³-hybridized carbons (Fsp3) is 0.600. The number of hydrogen-bond acceptors (Lipinski definition) is 5. The topological polar surface area (TPSA) is 53.1 Å². The summed E-state index contributed by atoms with van der Waals surface area (Å²) in [4.78, 5) is 30.8. The Kier molecular flexibility index (Phi) is 6.96. The Morgan fingerprint density at radius 3 is 2.26 bits per heavy atom. The Morgan fingerprint density at radius 1 is 1.04 bits per heavy atom. The summed E-state index contributed by atoms with van der Waals surface area (Å²) in [5.74, 6) is -0.0166. The molecular formula is C20H28ClN3O3. The summed E-state index contributed by atoms with van der Waals surface area (Å²) in [6.07, 6.45) is 1.41. The van der Waals surface area contributed by atoms with Crippen LogP contribution in [0.2, 0.25) is 5.02 Å². The standard InChI is InChI=1S/C20H28ClN3O3/c1-2-27-20(26)16-7-9-24(10-8-16)19(25)15-22-11-13-23(14-12-22)18-5-3-17(21)4-6-18/h3-6,16H,2,7-15H2,1H3. The summed E-state index contributed by atoms with van der Waals surface area (Å²) in [6, 6.07) is 7.90. The second kappa shape index (κ2) is 9.42. The SMILES string of the molecule is CCOC(=O)C1CCN(C(=O)CN2CCN(c3ccc(Cl)cc3)CC2)CC1.